The third-order valence-corrected chi connectivity index (χ3v) is 4.61. The minimum atomic E-state index is -0.514. The van der Waals surface area contributed by atoms with E-state index in [-0.39, 0.29) is 11.3 Å². The van der Waals surface area contributed by atoms with Gasteiger partial charge in [0.15, 0.2) is 5.75 Å². The molecule has 0 radical (unpaired) electrons. The van der Waals surface area contributed by atoms with Crippen molar-refractivity contribution in [2.45, 2.75) is 20.8 Å². The number of benzene rings is 2. The average molecular weight is 390 g/mol. The Hall–Kier alpha value is -2.86. The summed E-state index contributed by atoms with van der Waals surface area (Å²) in [5.74, 6) is -0.648. The molecule has 0 aliphatic carbocycles. The van der Waals surface area contributed by atoms with Crippen LogP contribution in [0.4, 0.5) is 4.39 Å². The standard InChI is InChI=1S/C20H17ClFNO4/c1-10-17-16(9-15(21)18(10)26-4)23(11(2)19(17)27-12(3)24)20(25)13-5-7-14(22)8-6-13/h5-9H,1-4H3. The fourth-order valence-electron chi connectivity index (χ4n) is 3.17. The molecule has 0 N–H and O–H groups in total. The number of carbonyl (C=O) groups is 2. The lowest BCUT2D eigenvalue weighted by molar-refractivity contribution is -0.131. The molecule has 1 aromatic heterocycles. The number of hydrogen-bond acceptors (Lipinski definition) is 4. The van der Waals surface area contributed by atoms with Crippen LogP contribution in [-0.4, -0.2) is 23.6 Å². The van der Waals surface area contributed by atoms with E-state index in [1.165, 1.54) is 42.9 Å². The molecule has 0 spiro atoms. The summed E-state index contributed by atoms with van der Waals surface area (Å²) in [6, 6.07) is 6.80. The fourth-order valence-corrected chi connectivity index (χ4v) is 3.49. The lowest BCUT2D eigenvalue weighted by Gasteiger charge is -2.10. The molecule has 0 unspecified atom stereocenters. The number of nitrogens with zero attached hydrogens (tertiary/aromatic N) is 1. The largest absolute Gasteiger partial charge is 0.495 e. The molecular weight excluding hydrogens is 373 g/mol. The van der Waals surface area contributed by atoms with E-state index < -0.39 is 17.7 Å². The van der Waals surface area contributed by atoms with Crippen molar-refractivity contribution in [3.63, 3.8) is 0 Å². The van der Waals surface area contributed by atoms with E-state index in [0.717, 1.165) is 0 Å². The van der Waals surface area contributed by atoms with E-state index in [2.05, 4.69) is 0 Å². The molecule has 2 aromatic carbocycles. The molecule has 5 nitrogen and oxygen atoms in total. The third kappa shape index (κ3) is 3.17. The van der Waals surface area contributed by atoms with Gasteiger partial charge in [0.25, 0.3) is 5.91 Å². The van der Waals surface area contributed by atoms with Gasteiger partial charge in [0.2, 0.25) is 0 Å². The fraction of sp³-hybridized carbons (Fsp3) is 0.200. The van der Waals surface area contributed by atoms with Crippen molar-refractivity contribution >= 4 is 34.4 Å². The SMILES string of the molecule is COc1c(Cl)cc2c(c1C)c(OC(C)=O)c(C)n2C(=O)c1ccc(F)cc1. The van der Waals surface area contributed by atoms with Gasteiger partial charge in [0.1, 0.15) is 11.6 Å². The lowest BCUT2D eigenvalue weighted by Crippen LogP contribution is -2.14. The Labute approximate surface area is 160 Å². The quantitative estimate of drug-likeness (QED) is 0.611. The molecule has 0 aliphatic heterocycles. The third-order valence-electron chi connectivity index (χ3n) is 4.33. The Morgan fingerprint density at radius 3 is 2.30 bits per heavy atom. The normalized spacial score (nSPS) is 10.9. The van der Waals surface area contributed by atoms with Crippen molar-refractivity contribution in [1.82, 2.24) is 4.57 Å². The molecule has 27 heavy (non-hydrogen) atoms. The predicted molar refractivity (Wildman–Crippen MR) is 100 cm³/mol. The first kappa shape index (κ1) is 18.9. The molecule has 140 valence electrons. The van der Waals surface area contributed by atoms with Gasteiger partial charge < -0.3 is 9.47 Å². The van der Waals surface area contributed by atoms with Gasteiger partial charge in [-0.15, -0.1) is 0 Å². The number of halogens is 2. The summed E-state index contributed by atoms with van der Waals surface area (Å²) in [5, 5.41) is 0.877. The Morgan fingerprint density at radius 2 is 1.74 bits per heavy atom. The van der Waals surface area contributed by atoms with Crippen molar-refractivity contribution in [1.29, 1.82) is 0 Å². The van der Waals surface area contributed by atoms with Gasteiger partial charge in [0, 0.05) is 18.1 Å². The molecule has 0 amide bonds. The first-order valence-electron chi connectivity index (χ1n) is 8.13. The molecule has 0 atom stereocenters. The number of esters is 1. The van der Waals surface area contributed by atoms with Crippen LogP contribution in [0.15, 0.2) is 30.3 Å². The highest BCUT2D eigenvalue weighted by Gasteiger charge is 2.26. The molecular formula is C20H17ClFNO4. The highest BCUT2D eigenvalue weighted by Crippen LogP contribution is 2.42. The van der Waals surface area contributed by atoms with Crippen LogP contribution >= 0.6 is 11.6 Å². The average Bonchev–Trinajstić information content (AvgIpc) is 2.86. The molecule has 1 heterocycles. The van der Waals surface area contributed by atoms with Crippen LogP contribution in [0.5, 0.6) is 11.5 Å². The summed E-state index contributed by atoms with van der Waals surface area (Å²) in [6.45, 7) is 4.72. The van der Waals surface area contributed by atoms with Gasteiger partial charge >= 0.3 is 5.97 Å². The number of fused-ring (bicyclic) bond motifs is 1. The van der Waals surface area contributed by atoms with E-state index in [4.69, 9.17) is 21.1 Å². The molecule has 3 rings (SSSR count). The first-order chi connectivity index (χ1) is 12.8. The van der Waals surface area contributed by atoms with Gasteiger partial charge in [0.05, 0.1) is 28.7 Å². The van der Waals surface area contributed by atoms with Crippen LogP contribution in [-0.2, 0) is 4.79 Å². The lowest BCUT2D eigenvalue weighted by atomic mass is 10.1. The zero-order valence-corrected chi connectivity index (χ0v) is 16.0. The number of aromatic nitrogens is 1. The van der Waals surface area contributed by atoms with Crippen LogP contribution in [0.2, 0.25) is 5.02 Å². The molecule has 0 aliphatic rings. The van der Waals surface area contributed by atoms with Gasteiger partial charge in [-0.25, -0.2) is 4.39 Å². The van der Waals surface area contributed by atoms with E-state index in [9.17, 15) is 14.0 Å². The Kier molecular flexibility index (Phi) is 4.93. The van der Waals surface area contributed by atoms with E-state index >= 15 is 0 Å². The monoisotopic (exact) mass is 389 g/mol. The maximum absolute atomic E-state index is 13.2. The van der Waals surface area contributed by atoms with Crippen molar-refractivity contribution in [2.75, 3.05) is 7.11 Å². The number of ether oxygens (including phenoxy) is 2. The minimum absolute atomic E-state index is 0.264. The highest BCUT2D eigenvalue weighted by atomic mass is 35.5. The van der Waals surface area contributed by atoms with Gasteiger partial charge in [-0.2, -0.15) is 0 Å². The Bertz CT molecular complexity index is 1070. The summed E-state index contributed by atoms with van der Waals surface area (Å²) in [4.78, 5) is 24.7. The van der Waals surface area contributed by atoms with Crippen LogP contribution in [0, 0.1) is 19.7 Å². The van der Waals surface area contributed by atoms with E-state index in [0.29, 0.717) is 32.9 Å². The maximum Gasteiger partial charge on any atom is 0.308 e. The molecule has 7 heteroatoms. The number of aryl methyl sites for hydroxylation is 1. The van der Waals surface area contributed by atoms with Gasteiger partial charge in [-0.3, -0.25) is 14.2 Å². The smallest absolute Gasteiger partial charge is 0.308 e. The maximum atomic E-state index is 13.2. The first-order valence-corrected chi connectivity index (χ1v) is 8.50. The van der Waals surface area contributed by atoms with Crippen LogP contribution in [0.1, 0.15) is 28.5 Å². The topological polar surface area (TPSA) is 57.5 Å². The molecule has 0 fully saturated rings. The van der Waals surface area contributed by atoms with E-state index in [1.807, 2.05) is 0 Å². The second kappa shape index (κ2) is 7.04. The minimum Gasteiger partial charge on any atom is -0.495 e. The number of hydrogen-bond donors (Lipinski definition) is 0. The van der Waals surface area contributed by atoms with E-state index in [1.54, 1.807) is 19.9 Å². The molecule has 0 bridgehead atoms. The zero-order valence-electron chi connectivity index (χ0n) is 15.2. The summed E-state index contributed by atoms with van der Waals surface area (Å²) in [6.07, 6.45) is 0. The van der Waals surface area contributed by atoms with Crippen molar-refractivity contribution in [3.8, 4) is 11.5 Å². The zero-order chi connectivity index (χ0) is 19.9. The summed E-state index contributed by atoms with van der Waals surface area (Å²) in [5.41, 5.74) is 1.84. The van der Waals surface area contributed by atoms with Crippen molar-refractivity contribution in [3.05, 3.63) is 58.0 Å². The number of rotatable bonds is 3. The summed E-state index contributed by atoms with van der Waals surface area (Å²) in [7, 11) is 1.49. The number of carbonyl (C=O) groups excluding carboxylic acids is 2. The van der Waals surface area contributed by atoms with Gasteiger partial charge in [-0.05, 0) is 44.2 Å². The Morgan fingerprint density at radius 1 is 1.11 bits per heavy atom. The van der Waals surface area contributed by atoms with Crippen LogP contribution in [0.3, 0.4) is 0 Å². The second-order valence-corrected chi connectivity index (χ2v) is 6.47. The summed E-state index contributed by atoms with van der Waals surface area (Å²) >= 11 is 6.31. The number of methoxy groups -OCH3 is 1. The van der Waals surface area contributed by atoms with Crippen molar-refractivity contribution in [2.24, 2.45) is 0 Å². The molecule has 0 saturated heterocycles. The molecule has 3 aromatic rings. The second-order valence-electron chi connectivity index (χ2n) is 6.07. The van der Waals surface area contributed by atoms with Gasteiger partial charge in [-0.1, -0.05) is 11.6 Å². The van der Waals surface area contributed by atoms with Crippen molar-refractivity contribution < 1.29 is 23.5 Å². The van der Waals surface area contributed by atoms with Crippen LogP contribution in [0.25, 0.3) is 10.9 Å². The Balaban J connectivity index is 2.35. The van der Waals surface area contributed by atoms with Crippen LogP contribution < -0.4 is 9.47 Å². The highest BCUT2D eigenvalue weighted by molar-refractivity contribution is 6.33. The predicted octanol–water partition coefficient (Wildman–Crippen LogP) is 4.67. The summed E-state index contributed by atoms with van der Waals surface area (Å²) < 4.78 is 25.4. The molecule has 0 saturated carbocycles.